The Labute approximate surface area is 171 Å². The van der Waals surface area contributed by atoms with E-state index >= 15 is 0 Å². The highest BCUT2D eigenvalue weighted by atomic mass is 79.9. The first kappa shape index (κ1) is 18.8. The molecule has 2 aliphatic rings. The van der Waals surface area contributed by atoms with Crippen molar-refractivity contribution in [3.05, 3.63) is 68.7 Å². The summed E-state index contributed by atoms with van der Waals surface area (Å²) in [6.07, 6.45) is 2.14. The number of hydrogen-bond donors (Lipinski definition) is 1. The number of halogens is 2. The third-order valence-corrected chi connectivity index (χ3v) is 6.18. The molecule has 0 amide bonds. The van der Waals surface area contributed by atoms with Crippen LogP contribution in [-0.2, 0) is 10.2 Å². The van der Waals surface area contributed by atoms with E-state index in [1.54, 1.807) is 0 Å². The topological polar surface area (TPSA) is 65.8 Å². The van der Waals surface area contributed by atoms with Gasteiger partial charge < -0.3 is 5.32 Å². The maximum Gasteiger partial charge on any atom is 0.162 e. The maximum absolute atomic E-state index is 14.5. The zero-order chi connectivity index (χ0) is 20.3. The van der Waals surface area contributed by atoms with Gasteiger partial charge in [-0.05, 0) is 36.5 Å². The number of anilines is 1. The van der Waals surface area contributed by atoms with Crippen LogP contribution in [0.3, 0.4) is 0 Å². The minimum atomic E-state index is -0.979. The molecule has 2 aromatic rings. The summed E-state index contributed by atoms with van der Waals surface area (Å²) >= 11 is 3.49. The van der Waals surface area contributed by atoms with E-state index < -0.39 is 11.2 Å². The monoisotopic (exact) mass is 439 g/mol. The number of ketones is 1. The third-order valence-electron chi connectivity index (χ3n) is 5.69. The van der Waals surface area contributed by atoms with E-state index in [9.17, 15) is 14.4 Å². The van der Waals surface area contributed by atoms with Gasteiger partial charge in [-0.2, -0.15) is 5.26 Å². The molecule has 6 heteroatoms. The molecule has 2 heterocycles. The van der Waals surface area contributed by atoms with Crippen LogP contribution in [0.1, 0.15) is 50.3 Å². The zero-order valence-corrected chi connectivity index (χ0v) is 17.4. The van der Waals surface area contributed by atoms with Crippen LogP contribution >= 0.6 is 15.9 Å². The highest BCUT2D eigenvalue weighted by Gasteiger charge is 2.49. The van der Waals surface area contributed by atoms with Crippen molar-refractivity contribution in [2.45, 2.75) is 39.0 Å². The third kappa shape index (κ3) is 2.68. The van der Waals surface area contributed by atoms with Gasteiger partial charge in [-0.3, -0.25) is 4.79 Å². The summed E-state index contributed by atoms with van der Waals surface area (Å²) in [5.41, 5.74) is 1.39. The van der Waals surface area contributed by atoms with Crippen LogP contribution in [0.15, 0.2) is 46.2 Å². The van der Waals surface area contributed by atoms with Gasteiger partial charge in [0.15, 0.2) is 11.6 Å². The lowest BCUT2D eigenvalue weighted by atomic mass is 9.61. The van der Waals surface area contributed by atoms with Crippen LogP contribution < -0.4 is 5.32 Å². The van der Waals surface area contributed by atoms with Crippen LogP contribution in [0.25, 0.3) is 0 Å². The Bertz CT molecular complexity index is 1100. The molecule has 0 saturated carbocycles. The van der Waals surface area contributed by atoms with Gasteiger partial charge in [-0.15, -0.1) is 0 Å². The molecule has 1 aromatic carbocycles. The quantitative estimate of drug-likeness (QED) is 0.660. The van der Waals surface area contributed by atoms with Crippen molar-refractivity contribution in [1.82, 2.24) is 4.98 Å². The van der Waals surface area contributed by atoms with Crippen molar-refractivity contribution in [2.24, 2.45) is 5.41 Å². The number of nitrogens with zero attached hydrogens (tertiary/aromatic N) is 2. The van der Waals surface area contributed by atoms with Crippen LogP contribution in [0.5, 0.6) is 0 Å². The van der Waals surface area contributed by atoms with Crippen molar-refractivity contribution < 1.29 is 9.18 Å². The second-order valence-corrected chi connectivity index (χ2v) is 9.29. The van der Waals surface area contributed by atoms with Crippen molar-refractivity contribution in [2.75, 3.05) is 5.32 Å². The molecular formula is C22H19BrFN3O. The molecule has 1 atom stereocenters. The Morgan fingerprint density at radius 2 is 2.04 bits per heavy atom. The van der Waals surface area contributed by atoms with Crippen LogP contribution in [0.4, 0.5) is 10.2 Å². The molecule has 0 radical (unpaired) electrons. The fourth-order valence-electron chi connectivity index (χ4n) is 4.54. The predicted octanol–water partition coefficient (Wildman–Crippen LogP) is 5.23. The second kappa shape index (κ2) is 6.25. The summed E-state index contributed by atoms with van der Waals surface area (Å²) in [7, 11) is 0. The molecule has 0 fully saturated rings. The van der Waals surface area contributed by atoms with E-state index in [0.717, 1.165) is 21.9 Å². The molecule has 0 spiro atoms. The zero-order valence-electron chi connectivity index (χ0n) is 15.9. The fraction of sp³-hybridized carbons (Fsp3) is 0.318. The maximum atomic E-state index is 14.5. The van der Waals surface area contributed by atoms with Crippen LogP contribution in [-0.4, -0.2) is 10.8 Å². The van der Waals surface area contributed by atoms with Crippen LogP contribution in [0.2, 0.25) is 0 Å². The molecule has 1 aromatic heterocycles. The summed E-state index contributed by atoms with van der Waals surface area (Å²) in [4.78, 5) is 17.5. The molecule has 1 aliphatic carbocycles. The first-order valence-electron chi connectivity index (χ1n) is 9.06. The molecule has 4 rings (SSSR count). The molecule has 0 bridgehead atoms. The Hall–Kier alpha value is -2.52. The minimum Gasteiger partial charge on any atom is -0.343 e. The molecule has 142 valence electrons. The lowest BCUT2D eigenvalue weighted by Crippen LogP contribution is -2.43. The SMILES string of the molecule is CC1(C)CC(=O)C2=C(C1)Nc1ncc(F)c(C#N)c1C2(C)c1cccc(Br)c1. The van der Waals surface area contributed by atoms with Crippen molar-refractivity contribution in [1.29, 1.82) is 5.26 Å². The summed E-state index contributed by atoms with van der Waals surface area (Å²) in [5.74, 6) is -0.235. The Kier molecular flexibility index (Phi) is 4.20. The molecule has 1 unspecified atom stereocenters. The number of fused-ring (bicyclic) bond motifs is 1. The highest BCUT2D eigenvalue weighted by Crippen LogP contribution is 2.53. The fourth-order valence-corrected chi connectivity index (χ4v) is 4.94. The van der Waals surface area contributed by atoms with Gasteiger partial charge in [0.05, 0.1) is 17.2 Å². The second-order valence-electron chi connectivity index (χ2n) is 8.37. The molecule has 28 heavy (non-hydrogen) atoms. The molecule has 4 nitrogen and oxygen atoms in total. The lowest BCUT2D eigenvalue weighted by Gasteiger charge is -2.44. The number of carbonyl (C=O) groups excluding carboxylic acids is 1. The number of carbonyl (C=O) groups is 1. The van der Waals surface area contributed by atoms with E-state index in [4.69, 9.17) is 0 Å². The number of allylic oxidation sites excluding steroid dienone is 2. The number of benzene rings is 1. The van der Waals surface area contributed by atoms with Gasteiger partial charge in [0.2, 0.25) is 0 Å². The average molecular weight is 440 g/mol. The number of pyridine rings is 1. The molecule has 1 N–H and O–H groups in total. The van der Waals surface area contributed by atoms with Gasteiger partial charge in [0.1, 0.15) is 11.9 Å². The first-order chi connectivity index (χ1) is 13.2. The van der Waals surface area contributed by atoms with E-state index in [1.165, 1.54) is 0 Å². The highest BCUT2D eigenvalue weighted by molar-refractivity contribution is 9.10. The van der Waals surface area contributed by atoms with Gasteiger partial charge in [0.25, 0.3) is 0 Å². The number of aromatic nitrogens is 1. The largest absolute Gasteiger partial charge is 0.343 e. The number of rotatable bonds is 1. The minimum absolute atomic E-state index is 0.0139. The summed E-state index contributed by atoms with van der Waals surface area (Å²) < 4.78 is 15.4. The van der Waals surface area contributed by atoms with E-state index in [-0.39, 0.29) is 16.8 Å². The number of hydrogen-bond acceptors (Lipinski definition) is 4. The Morgan fingerprint density at radius 1 is 1.29 bits per heavy atom. The normalized spacial score (nSPS) is 22.8. The van der Waals surface area contributed by atoms with E-state index in [0.29, 0.717) is 29.8 Å². The summed E-state index contributed by atoms with van der Waals surface area (Å²) in [5, 5.41) is 12.9. The van der Waals surface area contributed by atoms with Gasteiger partial charge >= 0.3 is 0 Å². The Morgan fingerprint density at radius 3 is 2.71 bits per heavy atom. The van der Waals surface area contributed by atoms with Crippen molar-refractivity contribution >= 4 is 27.5 Å². The number of nitrogens with one attached hydrogen (secondary N) is 1. The standard InChI is InChI=1S/C22H19BrFN3O/c1-21(2)8-16-19(17(28)9-21)22(3,12-5-4-6-13(23)7-12)18-14(10-25)15(24)11-26-20(18)27-16/h4-7,11H,8-9H2,1-3H3,(H,26,27). The number of Topliss-reactive ketones (excluding diaryl/α,β-unsaturated/α-hetero) is 1. The van der Waals surface area contributed by atoms with Crippen molar-refractivity contribution in [3.63, 3.8) is 0 Å². The number of nitriles is 1. The lowest BCUT2D eigenvalue weighted by molar-refractivity contribution is -0.118. The summed E-state index contributed by atoms with van der Waals surface area (Å²) in [6, 6.07) is 9.58. The first-order valence-corrected chi connectivity index (χ1v) is 9.85. The molecular weight excluding hydrogens is 421 g/mol. The summed E-state index contributed by atoms with van der Waals surface area (Å²) in [6.45, 7) is 6.00. The Balaban J connectivity index is 2.11. The van der Waals surface area contributed by atoms with E-state index in [2.05, 4.69) is 40.1 Å². The predicted molar refractivity (Wildman–Crippen MR) is 108 cm³/mol. The van der Waals surface area contributed by atoms with Gasteiger partial charge in [-0.1, -0.05) is 41.9 Å². The van der Waals surface area contributed by atoms with Gasteiger partial charge in [0, 0.05) is 27.7 Å². The molecule has 1 aliphatic heterocycles. The van der Waals surface area contributed by atoms with E-state index in [1.807, 2.05) is 37.3 Å². The van der Waals surface area contributed by atoms with Crippen LogP contribution in [0, 0.1) is 22.6 Å². The van der Waals surface area contributed by atoms with Gasteiger partial charge in [-0.25, -0.2) is 9.37 Å². The smallest absolute Gasteiger partial charge is 0.162 e. The van der Waals surface area contributed by atoms with Crippen molar-refractivity contribution in [3.8, 4) is 6.07 Å². The molecule has 0 saturated heterocycles. The average Bonchev–Trinajstić information content (AvgIpc) is 2.60.